The molecule has 3 aliphatic rings. The van der Waals surface area contributed by atoms with Crippen LogP contribution in [0.1, 0.15) is 6.92 Å². The van der Waals surface area contributed by atoms with Crippen LogP contribution >= 0.6 is 35.1 Å². The molecule has 1 aromatic rings. The summed E-state index contributed by atoms with van der Waals surface area (Å²) in [5, 5.41) is 0.485. The lowest BCUT2D eigenvalue weighted by Crippen LogP contribution is -2.50. The van der Waals surface area contributed by atoms with Gasteiger partial charge in [-0.15, -0.1) is 23.5 Å². The molecular weight excluding hydrogens is 420 g/mol. The van der Waals surface area contributed by atoms with Gasteiger partial charge in [-0.2, -0.15) is 0 Å². The monoisotopic (exact) mass is 440 g/mol. The largest absolute Gasteiger partial charge is 0.420 e. The number of nitrogens with zero attached hydrogens (tertiary/aromatic N) is 4. The smallest absolute Gasteiger partial charge is 0.412 e. The summed E-state index contributed by atoms with van der Waals surface area (Å²) in [6, 6.07) is 3.35. The van der Waals surface area contributed by atoms with Crippen LogP contribution in [-0.2, 0) is 9.53 Å². The van der Waals surface area contributed by atoms with Crippen LogP contribution < -0.4 is 4.90 Å². The quantitative estimate of drug-likeness (QED) is 0.715. The van der Waals surface area contributed by atoms with Crippen LogP contribution in [-0.4, -0.2) is 77.2 Å². The molecule has 0 saturated carbocycles. The molecule has 0 bridgehead atoms. The van der Waals surface area contributed by atoms with Gasteiger partial charge in [0.2, 0.25) is 6.23 Å². The van der Waals surface area contributed by atoms with E-state index in [1.165, 1.54) is 22.9 Å². The lowest BCUT2D eigenvalue weighted by Gasteiger charge is -2.35. The molecule has 1 unspecified atom stereocenters. The maximum absolute atomic E-state index is 13.0. The minimum atomic E-state index is -0.773. The second-order valence-electron chi connectivity index (χ2n) is 6.56. The highest BCUT2D eigenvalue weighted by atomic mass is 35.5. The summed E-state index contributed by atoms with van der Waals surface area (Å²) in [6.45, 7) is 5.99. The molecule has 0 aromatic carbocycles. The van der Waals surface area contributed by atoms with Gasteiger partial charge in [0.1, 0.15) is 5.82 Å². The first-order valence-corrected chi connectivity index (χ1v) is 11.6. The number of amides is 2. The molecule has 2 amide bonds. The van der Waals surface area contributed by atoms with E-state index in [0.29, 0.717) is 28.8 Å². The molecular formula is C18H21ClN4O3S2. The van der Waals surface area contributed by atoms with Gasteiger partial charge in [0, 0.05) is 43.9 Å². The van der Waals surface area contributed by atoms with E-state index in [9.17, 15) is 9.59 Å². The average molecular weight is 441 g/mol. The van der Waals surface area contributed by atoms with E-state index in [1.54, 1.807) is 28.8 Å². The van der Waals surface area contributed by atoms with Gasteiger partial charge in [0.05, 0.1) is 14.8 Å². The number of thioether (sulfide) groups is 2. The topological polar surface area (TPSA) is 66.0 Å². The Morgan fingerprint density at radius 2 is 2.00 bits per heavy atom. The van der Waals surface area contributed by atoms with Crippen LogP contribution in [0, 0.1) is 0 Å². The molecule has 0 N–H and O–H groups in total. The maximum atomic E-state index is 13.0. The maximum Gasteiger partial charge on any atom is 0.412 e. The molecule has 1 aromatic heterocycles. The molecule has 28 heavy (non-hydrogen) atoms. The Morgan fingerprint density at radius 3 is 2.68 bits per heavy atom. The van der Waals surface area contributed by atoms with E-state index in [4.69, 9.17) is 16.3 Å². The molecule has 10 heteroatoms. The van der Waals surface area contributed by atoms with Gasteiger partial charge in [0.15, 0.2) is 0 Å². The second kappa shape index (κ2) is 8.52. The zero-order chi connectivity index (χ0) is 19.7. The number of aromatic nitrogens is 1. The number of hydrogen-bond acceptors (Lipinski definition) is 7. The van der Waals surface area contributed by atoms with Crippen molar-refractivity contribution >= 4 is 52.9 Å². The van der Waals surface area contributed by atoms with Crippen LogP contribution in [0.15, 0.2) is 28.1 Å². The number of piperazine rings is 1. The van der Waals surface area contributed by atoms with Crippen molar-refractivity contribution < 1.29 is 14.3 Å². The van der Waals surface area contributed by atoms with Gasteiger partial charge in [-0.05, 0) is 18.7 Å². The molecule has 1 fully saturated rings. The summed E-state index contributed by atoms with van der Waals surface area (Å²) >= 11 is 9.04. The molecule has 7 nitrogen and oxygen atoms in total. The van der Waals surface area contributed by atoms with Crippen LogP contribution in [0.3, 0.4) is 0 Å². The Bertz CT molecular complexity index is 797. The van der Waals surface area contributed by atoms with E-state index in [2.05, 4.69) is 16.8 Å². The summed E-state index contributed by atoms with van der Waals surface area (Å²) < 4.78 is 5.87. The standard InChI is InChI=1S/C18H21ClN4O3S2/c1-2-21-5-7-22(8-6-21)18(25)26-17-15-14(27-9-10-28-15)16(24)23(17)13-4-3-12(19)11-20-13/h3-4,11,17H,2,5-10H2,1H3. The van der Waals surface area contributed by atoms with Gasteiger partial charge in [0.25, 0.3) is 5.91 Å². The Balaban J connectivity index is 1.56. The summed E-state index contributed by atoms with van der Waals surface area (Å²) in [5.41, 5.74) is 0. The second-order valence-corrected chi connectivity index (χ2v) is 9.24. The molecule has 4 rings (SSSR count). The molecule has 0 radical (unpaired) electrons. The highest BCUT2D eigenvalue weighted by Crippen LogP contribution is 2.45. The van der Waals surface area contributed by atoms with Crippen molar-refractivity contribution in [2.45, 2.75) is 13.2 Å². The molecule has 0 aliphatic carbocycles. The number of carbonyl (C=O) groups excluding carboxylic acids is 2. The van der Waals surface area contributed by atoms with Crippen molar-refractivity contribution in [1.29, 1.82) is 0 Å². The number of halogens is 1. The number of pyridine rings is 1. The lowest BCUT2D eigenvalue weighted by atomic mass is 10.3. The molecule has 150 valence electrons. The van der Waals surface area contributed by atoms with Crippen LogP contribution in [0.5, 0.6) is 0 Å². The molecule has 4 heterocycles. The summed E-state index contributed by atoms with van der Waals surface area (Å²) in [7, 11) is 0. The molecule has 0 spiro atoms. The summed E-state index contributed by atoms with van der Waals surface area (Å²) in [6.07, 6.45) is 0.327. The first kappa shape index (κ1) is 19.9. The Hall–Kier alpha value is -1.42. The zero-order valence-electron chi connectivity index (χ0n) is 15.5. The number of rotatable bonds is 3. The van der Waals surface area contributed by atoms with Crippen LogP contribution in [0.2, 0.25) is 5.02 Å². The van der Waals surface area contributed by atoms with E-state index in [-0.39, 0.29) is 5.91 Å². The van der Waals surface area contributed by atoms with Crippen LogP contribution in [0.25, 0.3) is 0 Å². The molecule has 3 aliphatic heterocycles. The first-order chi connectivity index (χ1) is 13.6. The molecule has 1 saturated heterocycles. The van der Waals surface area contributed by atoms with Gasteiger partial charge >= 0.3 is 6.09 Å². The van der Waals surface area contributed by atoms with Crippen molar-refractivity contribution in [2.75, 3.05) is 49.1 Å². The predicted molar refractivity (Wildman–Crippen MR) is 113 cm³/mol. The molecule has 1 atom stereocenters. The van der Waals surface area contributed by atoms with Crippen molar-refractivity contribution in [3.05, 3.63) is 33.2 Å². The zero-order valence-corrected chi connectivity index (χ0v) is 17.9. The van der Waals surface area contributed by atoms with Crippen molar-refractivity contribution in [3.8, 4) is 0 Å². The Labute approximate surface area is 177 Å². The summed E-state index contributed by atoms with van der Waals surface area (Å²) in [4.78, 5) is 37.1. The Morgan fingerprint density at radius 1 is 1.25 bits per heavy atom. The van der Waals surface area contributed by atoms with Gasteiger partial charge in [-0.25, -0.2) is 14.7 Å². The third kappa shape index (κ3) is 3.85. The van der Waals surface area contributed by atoms with Gasteiger partial charge in [-0.1, -0.05) is 18.5 Å². The number of ether oxygens (including phenoxy) is 1. The fourth-order valence-electron chi connectivity index (χ4n) is 3.37. The van der Waals surface area contributed by atoms with Gasteiger partial charge in [-0.3, -0.25) is 4.79 Å². The lowest BCUT2D eigenvalue weighted by molar-refractivity contribution is -0.115. The fourth-order valence-corrected chi connectivity index (χ4v) is 5.91. The third-order valence-electron chi connectivity index (χ3n) is 4.93. The van der Waals surface area contributed by atoms with Crippen molar-refractivity contribution in [2.24, 2.45) is 0 Å². The van der Waals surface area contributed by atoms with Crippen LogP contribution in [0.4, 0.5) is 10.6 Å². The van der Waals surface area contributed by atoms with E-state index in [1.807, 2.05) is 0 Å². The van der Waals surface area contributed by atoms with E-state index < -0.39 is 12.3 Å². The SMILES string of the molecule is CCN1CCN(C(=O)OC2C3=C(SCCS3)C(=O)N2c2ccc(Cl)cn2)CC1. The van der Waals surface area contributed by atoms with Crippen molar-refractivity contribution in [3.63, 3.8) is 0 Å². The number of anilines is 1. The normalized spacial score (nSPS) is 23.2. The first-order valence-electron chi connectivity index (χ1n) is 9.21. The third-order valence-corrected chi connectivity index (χ3v) is 7.76. The highest BCUT2D eigenvalue weighted by Gasteiger charge is 2.45. The minimum Gasteiger partial charge on any atom is -0.420 e. The fraction of sp³-hybridized carbons (Fsp3) is 0.500. The number of carbonyl (C=O) groups is 2. The average Bonchev–Trinajstić information content (AvgIpc) is 3.01. The summed E-state index contributed by atoms with van der Waals surface area (Å²) in [5.74, 6) is 1.99. The number of hydrogen-bond donors (Lipinski definition) is 0. The number of likely N-dealkylation sites (N-methyl/N-ethyl adjacent to an activating group) is 1. The highest BCUT2D eigenvalue weighted by molar-refractivity contribution is 8.10. The van der Waals surface area contributed by atoms with Crippen molar-refractivity contribution in [1.82, 2.24) is 14.8 Å². The van der Waals surface area contributed by atoms with E-state index in [0.717, 1.165) is 36.0 Å². The van der Waals surface area contributed by atoms with E-state index >= 15 is 0 Å². The Kier molecular flexibility index (Phi) is 6.05. The predicted octanol–water partition coefficient (Wildman–Crippen LogP) is 2.87. The van der Waals surface area contributed by atoms with Gasteiger partial charge < -0.3 is 14.5 Å². The minimum absolute atomic E-state index is 0.171.